The van der Waals surface area contributed by atoms with Crippen molar-refractivity contribution in [1.29, 1.82) is 0 Å². The van der Waals surface area contributed by atoms with E-state index in [1.165, 1.54) is 11.3 Å². The number of fused-ring (bicyclic) bond motifs is 6. The van der Waals surface area contributed by atoms with E-state index in [1.54, 1.807) is 4.52 Å². The van der Waals surface area contributed by atoms with Crippen LogP contribution in [0.1, 0.15) is 19.8 Å². The van der Waals surface area contributed by atoms with Crippen LogP contribution in [-0.2, 0) is 6.54 Å². The predicted molar refractivity (Wildman–Crippen MR) is 100 cm³/mol. The number of nitrogens with zero attached hydrogens (tertiary/aromatic N) is 5. The van der Waals surface area contributed by atoms with Gasteiger partial charge in [-0.2, -0.15) is 4.52 Å². The fourth-order valence-corrected chi connectivity index (χ4v) is 4.52. The lowest BCUT2D eigenvalue weighted by atomic mass is 10.1. The van der Waals surface area contributed by atoms with Crippen LogP contribution in [0.4, 0.5) is 0 Å². The van der Waals surface area contributed by atoms with Crippen molar-refractivity contribution in [2.45, 2.75) is 26.3 Å². The zero-order valence-electron chi connectivity index (χ0n) is 13.6. The van der Waals surface area contributed by atoms with Gasteiger partial charge in [0.2, 0.25) is 4.96 Å². The highest BCUT2D eigenvalue weighted by molar-refractivity contribution is 7.24. The van der Waals surface area contributed by atoms with Crippen LogP contribution in [0.2, 0.25) is 0 Å². The Balaban J connectivity index is 2.02. The van der Waals surface area contributed by atoms with Gasteiger partial charge in [-0.1, -0.05) is 41.9 Å². The van der Waals surface area contributed by atoms with Gasteiger partial charge in [-0.05, 0) is 41.1 Å². The molecule has 0 aliphatic rings. The lowest BCUT2D eigenvalue weighted by Crippen LogP contribution is -2.12. The number of hydrogen-bond donors (Lipinski definition) is 0. The van der Waals surface area contributed by atoms with Crippen LogP contribution < -0.4 is 5.43 Å². The van der Waals surface area contributed by atoms with Crippen LogP contribution in [0.25, 0.3) is 37.0 Å². The number of pyridine rings is 1. The van der Waals surface area contributed by atoms with E-state index < -0.39 is 0 Å². The van der Waals surface area contributed by atoms with Crippen molar-refractivity contribution in [2.24, 2.45) is 0 Å². The lowest BCUT2D eigenvalue weighted by Gasteiger charge is -2.15. The number of benzene rings is 2. The topological polar surface area (TPSA) is 65.1 Å². The highest BCUT2D eigenvalue weighted by atomic mass is 32.1. The Kier molecular flexibility index (Phi) is 3.11. The predicted octanol–water partition coefficient (Wildman–Crippen LogP) is 3.61. The normalized spacial score (nSPS) is 12.0. The molecule has 0 unspecified atom stereocenters. The van der Waals surface area contributed by atoms with Crippen molar-refractivity contribution < 1.29 is 0 Å². The molecule has 3 aromatic heterocycles. The molecule has 25 heavy (non-hydrogen) atoms. The third-order valence-electron chi connectivity index (χ3n) is 4.67. The summed E-state index contributed by atoms with van der Waals surface area (Å²) in [7, 11) is 0. The standard InChI is InChI=1S/C18H15N5OS/c1-2-3-10-22-12-7-5-4-6-11(12)16(24)15-13(22)8-9-14-17(15)25-18-19-20-21-23(14)18/h4-9H,2-3,10H2,1H3. The molecule has 0 aliphatic carbocycles. The molecule has 0 aliphatic heterocycles. The largest absolute Gasteiger partial charge is 0.340 e. The molecule has 0 amide bonds. The number of rotatable bonds is 3. The minimum Gasteiger partial charge on any atom is -0.340 e. The molecule has 0 atom stereocenters. The quantitative estimate of drug-likeness (QED) is 0.467. The Hall–Kier alpha value is -2.80. The summed E-state index contributed by atoms with van der Waals surface area (Å²) in [6, 6.07) is 11.9. The van der Waals surface area contributed by atoms with Gasteiger partial charge in [0.05, 0.1) is 26.6 Å². The first-order valence-electron chi connectivity index (χ1n) is 8.34. The third-order valence-corrected chi connectivity index (χ3v) is 5.72. The van der Waals surface area contributed by atoms with Crippen LogP contribution in [0, 0.1) is 0 Å². The molecule has 5 aromatic rings. The smallest absolute Gasteiger partial charge is 0.235 e. The van der Waals surface area contributed by atoms with Gasteiger partial charge in [0.1, 0.15) is 0 Å². The summed E-state index contributed by atoms with van der Waals surface area (Å²) in [5.74, 6) is 0. The maximum atomic E-state index is 13.3. The first-order valence-corrected chi connectivity index (χ1v) is 9.16. The van der Waals surface area contributed by atoms with Crippen LogP contribution in [0.5, 0.6) is 0 Å². The molecule has 0 spiro atoms. The van der Waals surface area contributed by atoms with Gasteiger partial charge in [-0.15, -0.1) is 0 Å². The first kappa shape index (κ1) is 14.5. The number of unbranched alkanes of at least 4 members (excludes halogenated alkanes) is 1. The van der Waals surface area contributed by atoms with E-state index in [-0.39, 0.29) is 5.43 Å². The molecule has 124 valence electrons. The molecule has 0 saturated carbocycles. The second-order valence-corrected chi connectivity index (χ2v) is 7.11. The Bertz CT molecular complexity index is 1310. The van der Waals surface area contributed by atoms with Gasteiger partial charge < -0.3 is 4.57 Å². The Labute approximate surface area is 146 Å². The molecular formula is C18H15N5OS. The highest BCUT2D eigenvalue weighted by Gasteiger charge is 2.17. The van der Waals surface area contributed by atoms with Gasteiger partial charge in [-0.3, -0.25) is 4.79 Å². The molecule has 3 heterocycles. The molecule has 0 N–H and O–H groups in total. The Morgan fingerprint density at radius 1 is 1.08 bits per heavy atom. The zero-order valence-corrected chi connectivity index (χ0v) is 14.5. The third kappa shape index (κ3) is 1.96. The van der Waals surface area contributed by atoms with Crippen molar-refractivity contribution >= 4 is 48.3 Å². The van der Waals surface area contributed by atoms with E-state index in [2.05, 4.69) is 27.0 Å². The van der Waals surface area contributed by atoms with Crippen LogP contribution in [0.3, 0.4) is 0 Å². The molecule has 0 saturated heterocycles. The SMILES string of the molecule is CCCCn1c2ccccc2c(=O)c2c3sc4nnnn4c3ccc21. The van der Waals surface area contributed by atoms with Gasteiger partial charge in [0.25, 0.3) is 0 Å². The van der Waals surface area contributed by atoms with Crippen molar-refractivity contribution in [1.82, 2.24) is 24.6 Å². The van der Waals surface area contributed by atoms with Crippen LogP contribution >= 0.6 is 11.3 Å². The van der Waals surface area contributed by atoms with E-state index in [0.29, 0.717) is 4.96 Å². The molecule has 0 radical (unpaired) electrons. The van der Waals surface area contributed by atoms with Crippen LogP contribution in [0.15, 0.2) is 41.2 Å². The van der Waals surface area contributed by atoms with Crippen molar-refractivity contribution in [3.8, 4) is 0 Å². The summed E-state index contributed by atoms with van der Waals surface area (Å²) < 4.78 is 4.89. The summed E-state index contributed by atoms with van der Waals surface area (Å²) in [4.78, 5) is 14.0. The number of aryl methyl sites for hydroxylation is 1. The Morgan fingerprint density at radius 2 is 1.92 bits per heavy atom. The van der Waals surface area contributed by atoms with Gasteiger partial charge in [0, 0.05) is 11.9 Å². The van der Waals surface area contributed by atoms with Gasteiger partial charge in [-0.25, -0.2) is 0 Å². The minimum absolute atomic E-state index is 0.0708. The fraction of sp³-hybridized carbons (Fsp3) is 0.222. The number of hydrogen-bond acceptors (Lipinski definition) is 5. The molecule has 0 fully saturated rings. The van der Waals surface area contributed by atoms with E-state index in [9.17, 15) is 4.79 Å². The highest BCUT2D eigenvalue weighted by Crippen LogP contribution is 2.31. The van der Waals surface area contributed by atoms with E-state index in [1.807, 2.05) is 36.4 Å². The molecular weight excluding hydrogens is 334 g/mol. The number of para-hydroxylation sites is 1. The zero-order chi connectivity index (χ0) is 17.0. The van der Waals surface area contributed by atoms with Gasteiger partial charge in [0.15, 0.2) is 5.43 Å². The van der Waals surface area contributed by atoms with Crippen LogP contribution in [-0.4, -0.2) is 24.6 Å². The maximum absolute atomic E-state index is 13.3. The number of aromatic nitrogens is 5. The molecule has 7 heteroatoms. The minimum atomic E-state index is 0.0708. The average molecular weight is 349 g/mol. The summed E-state index contributed by atoms with van der Waals surface area (Å²) in [5, 5.41) is 13.3. The lowest BCUT2D eigenvalue weighted by molar-refractivity contribution is 0.662. The maximum Gasteiger partial charge on any atom is 0.235 e. The first-order chi connectivity index (χ1) is 12.3. The molecule has 0 bridgehead atoms. The molecule has 6 nitrogen and oxygen atoms in total. The number of tetrazole rings is 1. The Morgan fingerprint density at radius 3 is 2.80 bits per heavy atom. The van der Waals surface area contributed by atoms with Crippen molar-refractivity contribution in [2.75, 3.05) is 0 Å². The number of thiazole rings is 1. The van der Waals surface area contributed by atoms with Crippen molar-refractivity contribution in [3.63, 3.8) is 0 Å². The molecule has 5 rings (SSSR count). The summed E-state index contributed by atoms with van der Waals surface area (Å²) in [6.07, 6.45) is 2.17. The second kappa shape index (κ2) is 5.35. The summed E-state index contributed by atoms with van der Waals surface area (Å²) >= 11 is 1.47. The summed E-state index contributed by atoms with van der Waals surface area (Å²) in [5.41, 5.74) is 2.92. The fourth-order valence-electron chi connectivity index (χ4n) is 3.48. The van der Waals surface area contributed by atoms with Crippen molar-refractivity contribution in [3.05, 3.63) is 46.6 Å². The second-order valence-electron chi connectivity index (χ2n) is 6.13. The van der Waals surface area contributed by atoms with E-state index in [4.69, 9.17) is 0 Å². The van der Waals surface area contributed by atoms with E-state index in [0.717, 1.165) is 51.4 Å². The molecule has 2 aromatic carbocycles. The monoisotopic (exact) mass is 349 g/mol. The summed E-state index contributed by atoms with van der Waals surface area (Å²) in [6.45, 7) is 3.07. The van der Waals surface area contributed by atoms with E-state index >= 15 is 0 Å². The van der Waals surface area contributed by atoms with Gasteiger partial charge >= 0.3 is 0 Å². The average Bonchev–Trinajstić information content (AvgIpc) is 3.22.